The average molecular weight is 549 g/mol. The number of methoxy groups -OCH3 is 1. The predicted molar refractivity (Wildman–Crippen MR) is 144 cm³/mol. The van der Waals surface area contributed by atoms with E-state index in [1.54, 1.807) is 25.1 Å². The van der Waals surface area contributed by atoms with E-state index in [1.165, 1.54) is 7.11 Å². The number of nitrogens with one attached hydrogen (secondary N) is 2. The second kappa shape index (κ2) is 12.3. The van der Waals surface area contributed by atoms with E-state index < -0.39 is 5.97 Å². The first-order valence-corrected chi connectivity index (χ1v) is 12.7. The quantitative estimate of drug-likeness (QED) is 0.226. The van der Waals surface area contributed by atoms with Crippen molar-refractivity contribution in [2.24, 2.45) is 0 Å². The minimum absolute atomic E-state index is 0.132. The zero-order chi connectivity index (χ0) is 26.4. The highest BCUT2D eigenvalue weighted by Gasteiger charge is 2.26. The highest BCUT2D eigenvalue weighted by atomic mass is 35.5. The lowest BCUT2D eigenvalue weighted by Gasteiger charge is -2.09. The Balaban J connectivity index is 1.69. The van der Waals surface area contributed by atoms with E-state index in [4.69, 9.17) is 32.7 Å². The molecule has 2 amide bonds. The fourth-order valence-electron chi connectivity index (χ4n) is 3.41. The zero-order valence-corrected chi connectivity index (χ0v) is 22.6. The van der Waals surface area contributed by atoms with Gasteiger partial charge in [-0.2, -0.15) is 0 Å². The van der Waals surface area contributed by atoms with Crippen LogP contribution in [0.4, 0.5) is 10.7 Å². The Morgan fingerprint density at radius 3 is 2.44 bits per heavy atom. The van der Waals surface area contributed by atoms with Crippen LogP contribution in [0.2, 0.25) is 10.0 Å². The van der Waals surface area contributed by atoms with E-state index in [1.807, 2.05) is 32.0 Å². The molecule has 36 heavy (non-hydrogen) atoms. The van der Waals surface area contributed by atoms with E-state index in [2.05, 4.69) is 10.6 Å². The summed E-state index contributed by atoms with van der Waals surface area (Å²) in [6.07, 6.45) is 0.537. The maximum atomic E-state index is 13.1. The molecular formula is C26H26Cl2N2O5S. The molecule has 0 aliphatic heterocycles. The van der Waals surface area contributed by atoms with E-state index >= 15 is 0 Å². The van der Waals surface area contributed by atoms with Crippen LogP contribution in [-0.4, -0.2) is 31.5 Å². The molecule has 0 radical (unpaired) electrons. The van der Waals surface area contributed by atoms with Crippen molar-refractivity contribution in [1.29, 1.82) is 0 Å². The fraction of sp³-hybridized carbons (Fsp3) is 0.269. The number of aryl methyl sites for hydroxylation is 2. The van der Waals surface area contributed by atoms with E-state index in [0.29, 0.717) is 38.3 Å². The van der Waals surface area contributed by atoms with Gasteiger partial charge in [0.25, 0.3) is 5.91 Å². The van der Waals surface area contributed by atoms with Crippen molar-refractivity contribution in [3.63, 3.8) is 0 Å². The third kappa shape index (κ3) is 6.78. The fourth-order valence-corrected chi connectivity index (χ4v) is 4.98. The summed E-state index contributed by atoms with van der Waals surface area (Å²) in [5.74, 6) is -0.854. The predicted octanol–water partition coefficient (Wildman–Crippen LogP) is 6.82. The van der Waals surface area contributed by atoms with Gasteiger partial charge in [-0.05, 0) is 68.1 Å². The molecule has 0 saturated carbocycles. The SMILES string of the molecule is COC(=O)c1c(NC(=O)CCCOc2ccc(Cl)cc2Cl)sc(C(=O)Nc2cc(C)ccc2C)c1C. The van der Waals surface area contributed by atoms with E-state index in [9.17, 15) is 14.4 Å². The molecule has 3 rings (SSSR count). The molecule has 0 bridgehead atoms. The van der Waals surface area contributed by atoms with Gasteiger partial charge in [-0.15, -0.1) is 11.3 Å². The van der Waals surface area contributed by atoms with Crippen LogP contribution in [-0.2, 0) is 9.53 Å². The number of carbonyl (C=O) groups is 3. The van der Waals surface area contributed by atoms with Crippen LogP contribution in [0.25, 0.3) is 0 Å². The second-order valence-electron chi connectivity index (χ2n) is 8.10. The molecule has 1 aromatic heterocycles. The lowest BCUT2D eigenvalue weighted by molar-refractivity contribution is -0.116. The average Bonchev–Trinajstić information content (AvgIpc) is 3.15. The molecule has 0 saturated heterocycles. The first kappa shape index (κ1) is 27.5. The van der Waals surface area contributed by atoms with Gasteiger partial charge in [0.2, 0.25) is 5.91 Å². The van der Waals surface area contributed by atoms with Crippen LogP contribution in [0, 0.1) is 20.8 Å². The number of amides is 2. The second-order valence-corrected chi connectivity index (χ2v) is 9.96. The van der Waals surface area contributed by atoms with Crippen LogP contribution in [0.3, 0.4) is 0 Å². The molecule has 0 aliphatic carbocycles. The number of carbonyl (C=O) groups excluding carboxylic acids is 3. The summed E-state index contributed by atoms with van der Waals surface area (Å²) in [6, 6.07) is 10.7. The van der Waals surface area contributed by atoms with Crippen LogP contribution in [0.5, 0.6) is 5.75 Å². The van der Waals surface area contributed by atoms with Gasteiger partial charge >= 0.3 is 5.97 Å². The standard InChI is InChI=1S/C26H26Cl2N2O5S/c1-14-7-8-15(2)19(12-14)29-24(32)23-16(3)22(26(33)34-4)25(36-23)30-21(31)6-5-11-35-20-10-9-17(27)13-18(20)28/h7-10,12-13H,5-6,11H2,1-4H3,(H,29,32)(H,30,31). The van der Waals surface area contributed by atoms with Crippen LogP contribution >= 0.6 is 34.5 Å². The van der Waals surface area contributed by atoms with Crippen molar-refractivity contribution in [2.75, 3.05) is 24.4 Å². The van der Waals surface area contributed by atoms with Crippen molar-refractivity contribution in [2.45, 2.75) is 33.6 Å². The summed E-state index contributed by atoms with van der Waals surface area (Å²) >= 11 is 13.0. The molecule has 0 aliphatic rings. The first-order chi connectivity index (χ1) is 17.1. The van der Waals surface area contributed by atoms with Crippen molar-refractivity contribution in [1.82, 2.24) is 0 Å². The summed E-state index contributed by atoms with van der Waals surface area (Å²) in [7, 11) is 1.25. The molecule has 190 valence electrons. The van der Waals surface area contributed by atoms with Crippen LogP contribution in [0.1, 0.15) is 49.6 Å². The Morgan fingerprint density at radius 1 is 1.00 bits per heavy atom. The van der Waals surface area contributed by atoms with Crippen molar-refractivity contribution >= 4 is 63.0 Å². The van der Waals surface area contributed by atoms with Gasteiger partial charge in [-0.1, -0.05) is 35.3 Å². The maximum absolute atomic E-state index is 13.1. The van der Waals surface area contributed by atoms with Gasteiger partial charge in [-0.3, -0.25) is 9.59 Å². The molecule has 0 atom stereocenters. The number of thiophene rings is 1. The summed E-state index contributed by atoms with van der Waals surface area (Å²) in [6.45, 7) is 5.74. The summed E-state index contributed by atoms with van der Waals surface area (Å²) in [4.78, 5) is 38.4. The van der Waals surface area contributed by atoms with E-state index in [-0.39, 0.29) is 35.4 Å². The minimum atomic E-state index is -0.634. The Hall–Kier alpha value is -3.07. The summed E-state index contributed by atoms with van der Waals surface area (Å²) in [5.41, 5.74) is 3.19. The highest BCUT2D eigenvalue weighted by Crippen LogP contribution is 2.35. The number of benzene rings is 2. The van der Waals surface area contributed by atoms with Crippen molar-refractivity contribution in [3.8, 4) is 5.75 Å². The molecule has 3 aromatic rings. The summed E-state index contributed by atoms with van der Waals surface area (Å²) < 4.78 is 10.5. The molecule has 2 aromatic carbocycles. The monoisotopic (exact) mass is 548 g/mol. The molecule has 2 N–H and O–H groups in total. The zero-order valence-electron chi connectivity index (χ0n) is 20.3. The largest absolute Gasteiger partial charge is 0.492 e. The molecule has 0 fully saturated rings. The number of hydrogen-bond donors (Lipinski definition) is 2. The van der Waals surface area contributed by atoms with Gasteiger partial charge in [0, 0.05) is 17.1 Å². The van der Waals surface area contributed by atoms with Crippen LogP contribution in [0.15, 0.2) is 36.4 Å². The number of hydrogen-bond acceptors (Lipinski definition) is 6. The number of halogens is 2. The molecule has 7 nitrogen and oxygen atoms in total. The normalized spacial score (nSPS) is 10.6. The van der Waals surface area contributed by atoms with Crippen molar-refractivity contribution < 1.29 is 23.9 Å². The summed E-state index contributed by atoms with van der Waals surface area (Å²) in [5, 5.41) is 6.79. The van der Waals surface area contributed by atoms with Gasteiger partial charge < -0.3 is 20.1 Å². The Kier molecular flexibility index (Phi) is 9.37. The third-order valence-corrected chi connectivity index (χ3v) is 7.07. The lowest BCUT2D eigenvalue weighted by Crippen LogP contribution is -2.15. The topological polar surface area (TPSA) is 93.7 Å². The van der Waals surface area contributed by atoms with Gasteiger partial charge in [0.15, 0.2) is 0 Å². The van der Waals surface area contributed by atoms with Gasteiger partial charge in [0.1, 0.15) is 10.8 Å². The third-order valence-electron chi connectivity index (χ3n) is 5.34. The number of rotatable bonds is 9. The Bertz CT molecular complexity index is 1310. The first-order valence-electron chi connectivity index (χ1n) is 11.1. The molecule has 0 spiro atoms. The number of ether oxygens (including phenoxy) is 2. The minimum Gasteiger partial charge on any atom is -0.492 e. The molecular weight excluding hydrogens is 523 g/mol. The van der Waals surface area contributed by atoms with Gasteiger partial charge in [-0.25, -0.2) is 4.79 Å². The Morgan fingerprint density at radius 2 is 1.75 bits per heavy atom. The Labute approximate surface area is 223 Å². The van der Waals surface area contributed by atoms with Crippen LogP contribution < -0.4 is 15.4 Å². The molecule has 0 unspecified atom stereocenters. The van der Waals surface area contributed by atoms with Gasteiger partial charge in [0.05, 0.1) is 29.2 Å². The molecule has 1 heterocycles. The smallest absolute Gasteiger partial charge is 0.341 e. The lowest BCUT2D eigenvalue weighted by atomic mass is 10.1. The molecule has 10 heteroatoms. The highest BCUT2D eigenvalue weighted by molar-refractivity contribution is 7.19. The number of anilines is 2. The number of esters is 1. The van der Waals surface area contributed by atoms with Crippen molar-refractivity contribution in [3.05, 3.63) is 73.6 Å². The maximum Gasteiger partial charge on any atom is 0.341 e. The van der Waals surface area contributed by atoms with E-state index in [0.717, 1.165) is 22.5 Å².